The molecule has 27 heavy (non-hydrogen) atoms. The van der Waals surface area contributed by atoms with Crippen LogP contribution in [0.1, 0.15) is 27.4 Å². The van der Waals surface area contributed by atoms with Crippen molar-refractivity contribution in [3.63, 3.8) is 0 Å². The number of nitrogens with zero attached hydrogens (tertiary/aromatic N) is 2. The molecule has 1 aromatic carbocycles. The standard InChI is InChI=1S/C21H20N2O4/c1-22(14-17-8-4-10-26-17)20(24)18-12-15-6-2-3-7-16(15)13-23(18)21(25)19-9-5-11-27-19/h2-11,18H,12-14H2,1H3. The normalized spacial score (nSPS) is 16.0. The molecule has 2 amide bonds. The van der Waals surface area contributed by atoms with Gasteiger partial charge in [-0.2, -0.15) is 0 Å². The van der Waals surface area contributed by atoms with Crippen molar-refractivity contribution in [2.75, 3.05) is 7.05 Å². The van der Waals surface area contributed by atoms with Gasteiger partial charge in [0.15, 0.2) is 5.76 Å². The number of likely N-dealkylation sites (N-methyl/N-ethyl adjacent to an activating group) is 1. The van der Waals surface area contributed by atoms with Gasteiger partial charge in [-0.1, -0.05) is 24.3 Å². The smallest absolute Gasteiger partial charge is 0.290 e. The number of rotatable bonds is 4. The summed E-state index contributed by atoms with van der Waals surface area (Å²) in [5, 5.41) is 0. The number of carbonyl (C=O) groups is 2. The molecule has 4 rings (SSSR count). The molecule has 0 saturated heterocycles. The van der Waals surface area contributed by atoms with Gasteiger partial charge in [-0.15, -0.1) is 0 Å². The highest BCUT2D eigenvalue weighted by atomic mass is 16.3. The fourth-order valence-electron chi connectivity index (χ4n) is 3.47. The molecule has 0 bridgehead atoms. The molecular formula is C21H20N2O4. The Balaban J connectivity index is 1.62. The van der Waals surface area contributed by atoms with Crippen LogP contribution in [0.2, 0.25) is 0 Å². The molecule has 0 spiro atoms. The zero-order valence-electron chi connectivity index (χ0n) is 15.0. The maximum Gasteiger partial charge on any atom is 0.290 e. The van der Waals surface area contributed by atoms with Crippen LogP contribution in [-0.2, 0) is 24.3 Å². The van der Waals surface area contributed by atoms with Crippen molar-refractivity contribution in [3.05, 3.63) is 83.7 Å². The average molecular weight is 364 g/mol. The molecular weight excluding hydrogens is 344 g/mol. The highest BCUT2D eigenvalue weighted by molar-refractivity contribution is 5.96. The third-order valence-electron chi connectivity index (χ3n) is 4.88. The molecule has 0 N–H and O–H groups in total. The Hall–Kier alpha value is -3.28. The van der Waals surface area contributed by atoms with E-state index in [0.717, 1.165) is 11.1 Å². The van der Waals surface area contributed by atoms with Gasteiger partial charge in [0.2, 0.25) is 5.91 Å². The summed E-state index contributed by atoms with van der Waals surface area (Å²) in [6.45, 7) is 0.730. The average Bonchev–Trinajstić information content (AvgIpc) is 3.40. The molecule has 0 aliphatic carbocycles. The summed E-state index contributed by atoms with van der Waals surface area (Å²) in [6, 6.07) is 14.2. The SMILES string of the molecule is CN(Cc1ccco1)C(=O)C1Cc2ccccc2CN1C(=O)c1ccco1. The van der Waals surface area contributed by atoms with Gasteiger partial charge in [-0.05, 0) is 35.4 Å². The van der Waals surface area contributed by atoms with Crippen LogP contribution < -0.4 is 0 Å². The quantitative estimate of drug-likeness (QED) is 0.713. The number of carbonyl (C=O) groups excluding carboxylic acids is 2. The molecule has 138 valence electrons. The monoisotopic (exact) mass is 364 g/mol. The van der Waals surface area contributed by atoms with Crippen LogP contribution in [0.5, 0.6) is 0 Å². The summed E-state index contributed by atoms with van der Waals surface area (Å²) in [5.41, 5.74) is 2.14. The van der Waals surface area contributed by atoms with Crippen LogP contribution >= 0.6 is 0 Å². The topological polar surface area (TPSA) is 66.9 Å². The summed E-state index contributed by atoms with van der Waals surface area (Å²) >= 11 is 0. The Morgan fingerprint density at radius 2 is 1.78 bits per heavy atom. The van der Waals surface area contributed by atoms with E-state index in [2.05, 4.69) is 0 Å². The molecule has 0 radical (unpaired) electrons. The minimum atomic E-state index is -0.586. The zero-order valence-corrected chi connectivity index (χ0v) is 15.0. The molecule has 1 unspecified atom stereocenters. The predicted octanol–water partition coefficient (Wildman–Crippen LogP) is 3.10. The van der Waals surface area contributed by atoms with E-state index in [1.54, 1.807) is 41.3 Å². The maximum atomic E-state index is 13.2. The van der Waals surface area contributed by atoms with Crippen molar-refractivity contribution >= 4 is 11.8 Å². The number of furan rings is 2. The van der Waals surface area contributed by atoms with Crippen molar-refractivity contribution in [3.8, 4) is 0 Å². The van der Waals surface area contributed by atoms with Crippen molar-refractivity contribution in [2.24, 2.45) is 0 Å². The zero-order chi connectivity index (χ0) is 18.8. The molecule has 3 heterocycles. The minimum absolute atomic E-state index is 0.124. The fourth-order valence-corrected chi connectivity index (χ4v) is 3.47. The third kappa shape index (κ3) is 3.38. The van der Waals surface area contributed by atoms with Gasteiger partial charge in [0.25, 0.3) is 5.91 Å². The van der Waals surface area contributed by atoms with E-state index in [1.165, 1.54) is 6.26 Å². The van der Waals surface area contributed by atoms with E-state index in [1.807, 2.05) is 30.3 Å². The number of hydrogen-bond donors (Lipinski definition) is 0. The number of hydrogen-bond acceptors (Lipinski definition) is 4. The highest BCUT2D eigenvalue weighted by Gasteiger charge is 2.37. The number of fused-ring (bicyclic) bond motifs is 1. The lowest BCUT2D eigenvalue weighted by Crippen LogP contribution is -2.52. The summed E-state index contributed by atoms with van der Waals surface area (Å²) in [7, 11) is 1.72. The molecule has 0 fully saturated rings. The molecule has 6 nitrogen and oxygen atoms in total. The largest absolute Gasteiger partial charge is 0.467 e. The van der Waals surface area contributed by atoms with Crippen LogP contribution in [0, 0.1) is 0 Å². The van der Waals surface area contributed by atoms with Crippen LogP contribution in [0.4, 0.5) is 0 Å². The third-order valence-corrected chi connectivity index (χ3v) is 4.88. The Morgan fingerprint density at radius 1 is 1.04 bits per heavy atom. The number of benzene rings is 1. The molecule has 1 aliphatic rings. The second-order valence-electron chi connectivity index (χ2n) is 6.67. The van der Waals surface area contributed by atoms with Crippen molar-refractivity contribution < 1.29 is 18.4 Å². The first-order chi connectivity index (χ1) is 13.1. The first-order valence-corrected chi connectivity index (χ1v) is 8.82. The van der Waals surface area contributed by atoms with Crippen molar-refractivity contribution in [2.45, 2.75) is 25.6 Å². The summed E-state index contributed by atoms with van der Waals surface area (Å²) in [5.74, 6) is 0.534. The molecule has 6 heteroatoms. The van der Waals surface area contributed by atoms with Gasteiger partial charge in [-0.3, -0.25) is 9.59 Å². The van der Waals surface area contributed by atoms with Crippen LogP contribution in [0.3, 0.4) is 0 Å². The number of amides is 2. The highest BCUT2D eigenvalue weighted by Crippen LogP contribution is 2.26. The Labute approximate surface area is 157 Å². The summed E-state index contributed by atoms with van der Waals surface area (Å²) in [6.07, 6.45) is 3.52. The van der Waals surface area contributed by atoms with E-state index in [4.69, 9.17) is 8.83 Å². The molecule has 1 aliphatic heterocycles. The van der Waals surface area contributed by atoms with Gasteiger partial charge in [0, 0.05) is 20.0 Å². The van der Waals surface area contributed by atoms with Crippen LogP contribution in [0.15, 0.2) is 69.9 Å². The Morgan fingerprint density at radius 3 is 2.48 bits per heavy atom. The van der Waals surface area contributed by atoms with E-state index in [-0.39, 0.29) is 17.6 Å². The summed E-state index contributed by atoms with van der Waals surface area (Å²) in [4.78, 5) is 29.3. The minimum Gasteiger partial charge on any atom is -0.467 e. The first kappa shape index (κ1) is 17.1. The lowest BCUT2D eigenvalue weighted by Gasteiger charge is -2.37. The Kier molecular flexibility index (Phi) is 4.54. The van der Waals surface area contributed by atoms with Gasteiger partial charge in [0.05, 0.1) is 19.1 Å². The van der Waals surface area contributed by atoms with E-state index < -0.39 is 6.04 Å². The van der Waals surface area contributed by atoms with Crippen molar-refractivity contribution in [1.82, 2.24) is 9.80 Å². The molecule has 2 aromatic heterocycles. The van der Waals surface area contributed by atoms with Gasteiger partial charge >= 0.3 is 0 Å². The fraction of sp³-hybridized carbons (Fsp3) is 0.238. The van der Waals surface area contributed by atoms with E-state index in [0.29, 0.717) is 25.3 Å². The van der Waals surface area contributed by atoms with Crippen molar-refractivity contribution in [1.29, 1.82) is 0 Å². The summed E-state index contributed by atoms with van der Waals surface area (Å²) < 4.78 is 10.6. The lowest BCUT2D eigenvalue weighted by atomic mass is 9.93. The lowest BCUT2D eigenvalue weighted by molar-refractivity contribution is -0.136. The van der Waals surface area contributed by atoms with Gasteiger partial charge in [-0.25, -0.2) is 0 Å². The van der Waals surface area contributed by atoms with Crippen LogP contribution in [-0.4, -0.2) is 34.7 Å². The second-order valence-corrected chi connectivity index (χ2v) is 6.67. The Bertz CT molecular complexity index is 931. The molecule has 1 atom stereocenters. The first-order valence-electron chi connectivity index (χ1n) is 8.82. The molecule has 0 saturated carbocycles. The van der Waals surface area contributed by atoms with Gasteiger partial charge in [0.1, 0.15) is 11.8 Å². The molecule has 3 aromatic rings. The van der Waals surface area contributed by atoms with E-state index >= 15 is 0 Å². The van der Waals surface area contributed by atoms with E-state index in [9.17, 15) is 9.59 Å². The second kappa shape index (κ2) is 7.15. The van der Waals surface area contributed by atoms with Gasteiger partial charge < -0.3 is 18.6 Å². The maximum absolute atomic E-state index is 13.2. The van der Waals surface area contributed by atoms with Crippen LogP contribution in [0.25, 0.3) is 0 Å². The predicted molar refractivity (Wildman–Crippen MR) is 97.7 cm³/mol.